The van der Waals surface area contributed by atoms with Crippen LogP contribution in [0, 0.1) is 5.41 Å². The van der Waals surface area contributed by atoms with Gasteiger partial charge in [-0.25, -0.2) is 0 Å². The Bertz CT molecular complexity index is 894. The summed E-state index contributed by atoms with van der Waals surface area (Å²) in [5.74, 6) is 0.0357. The van der Waals surface area contributed by atoms with Crippen molar-refractivity contribution < 1.29 is 4.79 Å². The number of halogens is 2. The molecular weight excluding hydrogens is 442 g/mol. The molecule has 0 saturated carbocycles. The van der Waals surface area contributed by atoms with Gasteiger partial charge in [0, 0.05) is 6.54 Å². The van der Waals surface area contributed by atoms with Gasteiger partial charge in [0.15, 0.2) is 5.78 Å². The van der Waals surface area contributed by atoms with Crippen molar-refractivity contribution in [1.82, 2.24) is 9.13 Å². The van der Waals surface area contributed by atoms with Gasteiger partial charge < -0.3 is 9.13 Å². The molecule has 0 aliphatic rings. The van der Waals surface area contributed by atoms with Crippen LogP contribution in [0.3, 0.4) is 0 Å². The molecule has 23 heavy (non-hydrogen) atoms. The lowest BCUT2D eigenvalue weighted by molar-refractivity contribution is 0.0975. The molecule has 2 heterocycles. The third-order valence-corrected chi connectivity index (χ3v) is 5.24. The van der Waals surface area contributed by atoms with E-state index in [2.05, 4.69) is 22.9 Å². The van der Waals surface area contributed by atoms with Gasteiger partial charge in [-0.05, 0) is 46.6 Å². The monoisotopic (exact) mass is 457 g/mol. The molecule has 0 aliphatic heterocycles. The summed E-state index contributed by atoms with van der Waals surface area (Å²) in [7, 11) is 0. The van der Waals surface area contributed by atoms with Crippen molar-refractivity contribution >= 4 is 61.1 Å². The van der Waals surface area contributed by atoms with Crippen LogP contribution in [0.1, 0.15) is 23.0 Å². The van der Waals surface area contributed by atoms with E-state index in [4.69, 9.17) is 5.41 Å². The number of benzene rings is 1. The number of carbonyl (C=O) groups excluding carboxylic acids is 1. The number of aromatic nitrogens is 2. The van der Waals surface area contributed by atoms with Crippen molar-refractivity contribution in [3.8, 4) is 0 Å². The fourth-order valence-corrected chi connectivity index (χ4v) is 3.91. The highest BCUT2D eigenvalue weighted by Crippen LogP contribution is 2.23. The highest BCUT2D eigenvalue weighted by atomic mass is 79.9. The number of para-hydroxylation sites is 2. The van der Waals surface area contributed by atoms with Gasteiger partial charge in [0.05, 0.1) is 26.2 Å². The molecule has 2 aromatic heterocycles. The minimum absolute atomic E-state index is 0. The SMILES string of the molecule is Br.CCCn1c(=N)n(CC(=O)c2ccc(Br)s2)c2ccccc21. The lowest BCUT2D eigenvalue weighted by Gasteiger charge is -2.02. The van der Waals surface area contributed by atoms with Crippen molar-refractivity contribution in [2.75, 3.05) is 0 Å². The van der Waals surface area contributed by atoms with E-state index in [0.717, 1.165) is 27.8 Å². The Morgan fingerprint density at radius 1 is 1.17 bits per heavy atom. The molecule has 1 N–H and O–H groups in total. The number of hydrogen-bond acceptors (Lipinski definition) is 3. The molecule has 0 fully saturated rings. The lowest BCUT2D eigenvalue weighted by atomic mass is 10.3. The summed E-state index contributed by atoms with van der Waals surface area (Å²) in [5.41, 5.74) is 2.33. The van der Waals surface area contributed by atoms with Crippen LogP contribution in [0.2, 0.25) is 0 Å². The second-order valence-electron chi connectivity index (χ2n) is 5.08. The summed E-state index contributed by atoms with van der Waals surface area (Å²) in [5, 5.41) is 8.41. The summed E-state index contributed by atoms with van der Waals surface area (Å²) < 4.78 is 4.70. The standard InChI is InChI=1S/C16H16BrN3OS.BrH/c1-2-9-19-11-5-3-4-6-12(11)20(16(19)18)10-13(21)14-7-8-15(17)22-14;/h3-8,18H,2,9-10H2,1H3;1H. The van der Waals surface area contributed by atoms with Crippen molar-refractivity contribution in [2.45, 2.75) is 26.4 Å². The first-order chi connectivity index (χ1) is 10.6. The van der Waals surface area contributed by atoms with E-state index >= 15 is 0 Å². The number of ketones is 1. The second-order valence-corrected chi connectivity index (χ2v) is 7.54. The summed E-state index contributed by atoms with van der Waals surface area (Å²) in [6.45, 7) is 3.07. The fourth-order valence-electron chi connectivity index (χ4n) is 2.59. The Hall–Kier alpha value is -1.18. The molecule has 0 radical (unpaired) electrons. The molecule has 0 spiro atoms. The van der Waals surface area contributed by atoms with Crippen LogP contribution < -0.4 is 5.62 Å². The van der Waals surface area contributed by atoms with Crippen LogP contribution in [-0.2, 0) is 13.1 Å². The average Bonchev–Trinajstić information content (AvgIpc) is 3.05. The zero-order valence-corrected chi connectivity index (χ0v) is 16.7. The third kappa shape index (κ3) is 3.51. The van der Waals surface area contributed by atoms with Gasteiger partial charge >= 0.3 is 0 Å². The lowest BCUT2D eigenvalue weighted by Crippen LogP contribution is -2.27. The summed E-state index contributed by atoms with van der Waals surface area (Å²) >= 11 is 4.81. The van der Waals surface area contributed by atoms with Crippen LogP contribution >= 0.6 is 44.2 Å². The molecule has 3 rings (SSSR count). The Balaban J connectivity index is 0.00000192. The van der Waals surface area contributed by atoms with Crippen LogP contribution in [0.5, 0.6) is 0 Å². The van der Waals surface area contributed by atoms with Crippen molar-refractivity contribution in [3.63, 3.8) is 0 Å². The average molecular weight is 459 g/mol. The van der Waals surface area contributed by atoms with Gasteiger partial charge in [-0.1, -0.05) is 19.1 Å². The zero-order valence-electron chi connectivity index (χ0n) is 12.6. The minimum atomic E-state index is 0. The van der Waals surface area contributed by atoms with E-state index < -0.39 is 0 Å². The number of Topliss-reactive ketones (excluding diaryl/α,β-unsaturated/α-hetero) is 1. The van der Waals surface area contributed by atoms with Gasteiger partial charge in [-0.15, -0.1) is 28.3 Å². The maximum absolute atomic E-state index is 12.5. The smallest absolute Gasteiger partial charge is 0.203 e. The highest BCUT2D eigenvalue weighted by molar-refractivity contribution is 9.11. The quantitative estimate of drug-likeness (QED) is 0.557. The highest BCUT2D eigenvalue weighted by Gasteiger charge is 2.15. The fraction of sp³-hybridized carbons (Fsp3) is 0.250. The number of hydrogen-bond donors (Lipinski definition) is 1. The molecular formula is C16H17Br2N3OS. The number of rotatable bonds is 5. The van der Waals surface area contributed by atoms with Gasteiger partial charge in [0.1, 0.15) is 0 Å². The second kappa shape index (κ2) is 7.59. The van der Waals surface area contributed by atoms with Crippen LogP contribution in [0.4, 0.5) is 0 Å². The third-order valence-electron chi connectivity index (χ3n) is 3.57. The Morgan fingerprint density at radius 3 is 2.39 bits per heavy atom. The number of nitrogens with one attached hydrogen (secondary N) is 1. The molecule has 4 nitrogen and oxygen atoms in total. The van der Waals surface area contributed by atoms with E-state index in [-0.39, 0.29) is 29.3 Å². The van der Waals surface area contributed by atoms with Crippen molar-refractivity contribution in [1.29, 1.82) is 5.41 Å². The molecule has 0 atom stereocenters. The Labute approximate surface area is 157 Å². The Kier molecular flexibility index (Phi) is 6.00. The largest absolute Gasteiger partial charge is 0.310 e. The van der Waals surface area contributed by atoms with Gasteiger partial charge in [-0.3, -0.25) is 10.2 Å². The van der Waals surface area contributed by atoms with Crippen molar-refractivity contribution in [3.05, 3.63) is 50.7 Å². The van der Waals surface area contributed by atoms with E-state index in [9.17, 15) is 4.79 Å². The molecule has 0 saturated heterocycles. The number of fused-ring (bicyclic) bond motifs is 1. The molecule has 7 heteroatoms. The molecule has 122 valence electrons. The normalized spacial score (nSPS) is 10.7. The van der Waals surface area contributed by atoms with Crippen molar-refractivity contribution in [2.24, 2.45) is 0 Å². The predicted molar refractivity (Wildman–Crippen MR) is 103 cm³/mol. The van der Waals surface area contributed by atoms with Gasteiger partial charge in [0.25, 0.3) is 0 Å². The van der Waals surface area contributed by atoms with E-state index in [1.165, 1.54) is 11.3 Å². The van der Waals surface area contributed by atoms with Crippen LogP contribution in [0.15, 0.2) is 40.2 Å². The minimum Gasteiger partial charge on any atom is -0.310 e. The van der Waals surface area contributed by atoms with E-state index in [1.807, 2.05) is 41.0 Å². The number of nitrogens with zero attached hydrogens (tertiary/aromatic N) is 2. The van der Waals surface area contributed by atoms with E-state index in [0.29, 0.717) is 10.5 Å². The molecule has 0 unspecified atom stereocenters. The number of carbonyl (C=O) groups is 1. The summed E-state index contributed by atoms with van der Waals surface area (Å²) in [6, 6.07) is 11.6. The maximum atomic E-state index is 12.5. The first-order valence-electron chi connectivity index (χ1n) is 7.13. The predicted octanol–water partition coefficient (Wildman–Crippen LogP) is 4.62. The summed E-state index contributed by atoms with van der Waals surface area (Å²) in [6.07, 6.45) is 0.955. The molecule has 1 aromatic carbocycles. The van der Waals surface area contributed by atoms with Gasteiger partial charge in [0.2, 0.25) is 5.62 Å². The van der Waals surface area contributed by atoms with Gasteiger partial charge in [-0.2, -0.15) is 0 Å². The number of imidazole rings is 1. The number of thiophene rings is 1. The molecule has 3 aromatic rings. The molecule has 0 bridgehead atoms. The van der Waals surface area contributed by atoms with Crippen LogP contribution in [-0.4, -0.2) is 14.9 Å². The first kappa shape index (κ1) is 18.2. The molecule has 0 aliphatic carbocycles. The zero-order chi connectivity index (χ0) is 15.7. The summed E-state index contributed by atoms with van der Waals surface area (Å²) in [4.78, 5) is 13.2. The topological polar surface area (TPSA) is 50.8 Å². The Morgan fingerprint density at radius 2 is 1.83 bits per heavy atom. The first-order valence-corrected chi connectivity index (χ1v) is 8.74. The van der Waals surface area contributed by atoms with E-state index in [1.54, 1.807) is 4.57 Å². The molecule has 0 amide bonds. The number of aryl methyl sites for hydroxylation is 1. The van der Waals surface area contributed by atoms with Crippen LogP contribution in [0.25, 0.3) is 11.0 Å². The maximum Gasteiger partial charge on any atom is 0.203 e.